The van der Waals surface area contributed by atoms with E-state index >= 15 is 0 Å². The van der Waals surface area contributed by atoms with Gasteiger partial charge in [0.25, 0.3) is 5.69 Å². The molecule has 2 N–H and O–H groups in total. The molecule has 0 unspecified atom stereocenters. The largest absolute Gasteiger partial charge is 0.396 e. The summed E-state index contributed by atoms with van der Waals surface area (Å²) in [4.78, 5) is 10.2. The zero-order chi connectivity index (χ0) is 12.7. The molecule has 0 spiro atoms. The quantitative estimate of drug-likeness (QED) is 0.429. The Kier molecular flexibility index (Phi) is 5.38. The maximum absolute atomic E-state index is 10.6. The lowest BCUT2D eigenvalue weighted by atomic mass is 10.1. The Labute approximate surface area is 99.4 Å². The van der Waals surface area contributed by atoms with Gasteiger partial charge in [0, 0.05) is 43.6 Å². The highest BCUT2D eigenvalue weighted by Gasteiger charge is 2.10. The van der Waals surface area contributed by atoms with Gasteiger partial charge in [0.05, 0.1) is 11.5 Å². The van der Waals surface area contributed by atoms with E-state index in [9.17, 15) is 10.1 Å². The summed E-state index contributed by atoms with van der Waals surface area (Å²) >= 11 is 0. The molecule has 0 saturated carbocycles. The fraction of sp³-hybridized carbons (Fsp3) is 0.455. The van der Waals surface area contributed by atoms with Gasteiger partial charge in [0.1, 0.15) is 0 Å². The highest BCUT2D eigenvalue weighted by atomic mass is 16.6. The average molecular weight is 240 g/mol. The Balaban J connectivity index is 2.83. The molecule has 0 aliphatic heterocycles. The van der Waals surface area contributed by atoms with E-state index in [2.05, 4.69) is 5.32 Å². The fourth-order valence-corrected chi connectivity index (χ4v) is 1.44. The van der Waals surface area contributed by atoms with Gasteiger partial charge in [-0.3, -0.25) is 10.1 Å². The normalized spacial score (nSPS) is 10.2. The summed E-state index contributed by atoms with van der Waals surface area (Å²) in [6.45, 7) is 1.04. The Bertz CT molecular complexity index is 382. The molecule has 0 bridgehead atoms. The molecule has 17 heavy (non-hydrogen) atoms. The number of nitrogens with one attached hydrogen (secondary N) is 1. The van der Waals surface area contributed by atoms with Gasteiger partial charge in [-0.25, -0.2) is 0 Å². The molecule has 1 aromatic rings. The molecule has 0 amide bonds. The second-order valence-corrected chi connectivity index (χ2v) is 3.54. The standard InChI is InChI=1S/C11H16N2O4/c1-17-8-9-7-10(13(15)16)3-4-11(9)12-5-2-6-14/h3-4,7,12,14H,2,5-6,8H2,1H3. The van der Waals surface area contributed by atoms with Crippen molar-refractivity contribution >= 4 is 11.4 Å². The number of hydrogen-bond acceptors (Lipinski definition) is 5. The van der Waals surface area contributed by atoms with Crippen LogP contribution < -0.4 is 5.32 Å². The van der Waals surface area contributed by atoms with Gasteiger partial charge < -0.3 is 15.2 Å². The van der Waals surface area contributed by atoms with E-state index < -0.39 is 4.92 Å². The van der Waals surface area contributed by atoms with Crippen LogP contribution in [0.2, 0.25) is 0 Å². The van der Waals surface area contributed by atoms with Crippen molar-refractivity contribution in [1.82, 2.24) is 0 Å². The summed E-state index contributed by atoms with van der Waals surface area (Å²) in [6.07, 6.45) is 0.628. The number of nitrogens with zero attached hydrogens (tertiary/aromatic N) is 1. The first-order chi connectivity index (χ1) is 8.19. The molecule has 0 aliphatic carbocycles. The molecular weight excluding hydrogens is 224 g/mol. The van der Waals surface area contributed by atoms with E-state index in [1.54, 1.807) is 6.07 Å². The fourth-order valence-electron chi connectivity index (χ4n) is 1.44. The van der Waals surface area contributed by atoms with Crippen molar-refractivity contribution in [2.75, 3.05) is 25.6 Å². The predicted molar refractivity (Wildman–Crippen MR) is 64.0 cm³/mol. The number of aliphatic hydroxyl groups is 1. The minimum atomic E-state index is -0.434. The van der Waals surface area contributed by atoms with Crippen molar-refractivity contribution in [3.05, 3.63) is 33.9 Å². The molecule has 0 saturated heterocycles. The highest BCUT2D eigenvalue weighted by molar-refractivity contribution is 5.55. The van der Waals surface area contributed by atoms with Crippen LogP contribution in [-0.4, -0.2) is 30.3 Å². The van der Waals surface area contributed by atoms with Gasteiger partial charge >= 0.3 is 0 Å². The number of rotatable bonds is 7. The van der Waals surface area contributed by atoms with Gasteiger partial charge in [0.2, 0.25) is 0 Å². The van der Waals surface area contributed by atoms with Crippen LogP contribution in [0.5, 0.6) is 0 Å². The number of benzene rings is 1. The van der Waals surface area contributed by atoms with E-state index in [4.69, 9.17) is 9.84 Å². The summed E-state index contributed by atoms with van der Waals surface area (Å²) in [5.41, 5.74) is 1.58. The van der Waals surface area contributed by atoms with Crippen molar-refractivity contribution in [1.29, 1.82) is 0 Å². The maximum Gasteiger partial charge on any atom is 0.269 e. The Morgan fingerprint density at radius 3 is 2.88 bits per heavy atom. The molecule has 6 nitrogen and oxygen atoms in total. The van der Waals surface area contributed by atoms with E-state index in [1.165, 1.54) is 19.2 Å². The number of non-ortho nitro benzene ring substituents is 1. The first-order valence-corrected chi connectivity index (χ1v) is 5.30. The van der Waals surface area contributed by atoms with Gasteiger partial charge in [-0.1, -0.05) is 0 Å². The van der Waals surface area contributed by atoms with E-state index in [-0.39, 0.29) is 12.3 Å². The predicted octanol–water partition coefficient (Wildman–Crippen LogP) is 1.54. The minimum absolute atomic E-state index is 0.0461. The number of anilines is 1. The second-order valence-electron chi connectivity index (χ2n) is 3.54. The molecule has 0 aromatic heterocycles. The van der Waals surface area contributed by atoms with Gasteiger partial charge in [-0.15, -0.1) is 0 Å². The molecule has 1 aromatic carbocycles. The smallest absolute Gasteiger partial charge is 0.269 e. The Morgan fingerprint density at radius 2 is 2.29 bits per heavy atom. The van der Waals surface area contributed by atoms with Crippen LogP contribution in [0.1, 0.15) is 12.0 Å². The summed E-state index contributed by atoms with van der Waals surface area (Å²) in [5.74, 6) is 0. The Hall–Kier alpha value is -1.66. The van der Waals surface area contributed by atoms with Gasteiger partial charge in [-0.05, 0) is 12.5 Å². The van der Waals surface area contributed by atoms with Crippen molar-refractivity contribution in [2.45, 2.75) is 13.0 Å². The number of nitro groups is 1. The molecule has 0 aliphatic rings. The average Bonchev–Trinajstić information content (AvgIpc) is 2.31. The Morgan fingerprint density at radius 1 is 1.53 bits per heavy atom. The van der Waals surface area contributed by atoms with E-state index in [0.29, 0.717) is 19.6 Å². The molecule has 0 atom stereocenters. The number of aliphatic hydroxyl groups excluding tert-OH is 1. The summed E-state index contributed by atoms with van der Waals surface area (Å²) < 4.78 is 5.00. The van der Waals surface area contributed by atoms with Crippen LogP contribution in [-0.2, 0) is 11.3 Å². The monoisotopic (exact) mass is 240 g/mol. The lowest BCUT2D eigenvalue weighted by molar-refractivity contribution is -0.384. The summed E-state index contributed by atoms with van der Waals surface area (Å²) in [5, 5.41) is 22.4. The first-order valence-electron chi connectivity index (χ1n) is 5.30. The number of methoxy groups -OCH3 is 1. The van der Waals surface area contributed by atoms with Crippen LogP contribution in [0, 0.1) is 10.1 Å². The third-order valence-electron chi connectivity index (χ3n) is 2.25. The van der Waals surface area contributed by atoms with Gasteiger partial charge in [0.15, 0.2) is 0 Å². The molecule has 6 heteroatoms. The number of nitro benzene ring substituents is 1. The molecule has 0 heterocycles. The van der Waals surface area contributed by atoms with Crippen LogP contribution in [0.4, 0.5) is 11.4 Å². The minimum Gasteiger partial charge on any atom is -0.396 e. The second kappa shape index (κ2) is 6.82. The number of hydrogen-bond donors (Lipinski definition) is 2. The van der Waals surface area contributed by atoms with E-state index in [0.717, 1.165) is 11.3 Å². The zero-order valence-electron chi connectivity index (χ0n) is 9.68. The SMILES string of the molecule is COCc1cc([N+](=O)[O-])ccc1NCCCO. The lowest BCUT2D eigenvalue weighted by Crippen LogP contribution is -2.06. The molecule has 0 fully saturated rings. The molecule has 0 radical (unpaired) electrons. The van der Waals surface area contributed by atoms with Crippen LogP contribution in [0.3, 0.4) is 0 Å². The van der Waals surface area contributed by atoms with Crippen molar-refractivity contribution in [3.8, 4) is 0 Å². The summed E-state index contributed by atoms with van der Waals surface area (Å²) in [6, 6.07) is 4.59. The topological polar surface area (TPSA) is 84.6 Å². The van der Waals surface area contributed by atoms with Crippen LogP contribution in [0.15, 0.2) is 18.2 Å². The zero-order valence-corrected chi connectivity index (χ0v) is 9.68. The molecule has 94 valence electrons. The van der Waals surface area contributed by atoms with Crippen molar-refractivity contribution in [2.24, 2.45) is 0 Å². The summed E-state index contributed by atoms with van der Waals surface area (Å²) in [7, 11) is 1.54. The van der Waals surface area contributed by atoms with Crippen LogP contribution >= 0.6 is 0 Å². The third kappa shape index (κ3) is 4.01. The van der Waals surface area contributed by atoms with Crippen molar-refractivity contribution < 1.29 is 14.8 Å². The maximum atomic E-state index is 10.6. The van der Waals surface area contributed by atoms with E-state index in [1.807, 2.05) is 0 Å². The van der Waals surface area contributed by atoms with Crippen molar-refractivity contribution in [3.63, 3.8) is 0 Å². The lowest BCUT2D eigenvalue weighted by Gasteiger charge is -2.10. The third-order valence-corrected chi connectivity index (χ3v) is 2.25. The molecule has 1 rings (SSSR count). The number of ether oxygens (including phenoxy) is 1. The first kappa shape index (κ1) is 13.4. The highest BCUT2D eigenvalue weighted by Crippen LogP contribution is 2.22. The molecular formula is C11H16N2O4. The van der Waals surface area contributed by atoms with Crippen LogP contribution in [0.25, 0.3) is 0 Å². The van der Waals surface area contributed by atoms with Gasteiger partial charge in [-0.2, -0.15) is 0 Å².